The highest BCUT2D eigenvalue weighted by Gasteiger charge is 2.24. The third kappa shape index (κ3) is 2.13. The highest BCUT2D eigenvalue weighted by Crippen LogP contribution is 2.19. The van der Waals surface area contributed by atoms with E-state index in [0.717, 1.165) is 11.3 Å². The maximum Gasteiger partial charge on any atom is 0.305 e. The summed E-state index contributed by atoms with van der Waals surface area (Å²) in [5, 5.41) is 14.3. The van der Waals surface area contributed by atoms with Gasteiger partial charge < -0.3 is 15.7 Å². The van der Waals surface area contributed by atoms with E-state index < -0.39 is 12.0 Å². The lowest BCUT2D eigenvalue weighted by Gasteiger charge is -2.13. The summed E-state index contributed by atoms with van der Waals surface area (Å²) in [6.07, 6.45) is -0.222. The first-order valence-electron chi connectivity index (χ1n) is 5.01. The molecule has 0 aromatic heterocycles. The van der Waals surface area contributed by atoms with Crippen molar-refractivity contribution in [3.63, 3.8) is 0 Å². The van der Waals surface area contributed by atoms with Gasteiger partial charge in [0, 0.05) is 12.2 Å². The Morgan fingerprint density at radius 2 is 2.19 bits per heavy atom. The molecule has 1 aliphatic rings. The summed E-state index contributed by atoms with van der Waals surface area (Å²) in [6.45, 7) is 0.429. The summed E-state index contributed by atoms with van der Waals surface area (Å²) < 4.78 is 0. The van der Waals surface area contributed by atoms with Gasteiger partial charge in [-0.1, -0.05) is 18.2 Å². The van der Waals surface area contributed by atoms with Crippen LogP contribution < -0.4 is 10.6 Å². The predicted octanol–water partition coefficient (Wildman–Crippen LogP) is 0.572. The first kappa shape index (κ1) is 10.5. The summed E-state index contributed by atoms with van der Waals surface area (Å²) >= 11 is 0. The van der Waals surface area contributed by atoms with E-state index in [2.05, 4.69) is 10.6 Å². The molecule has 0 aliphatic carbocycles. The second kappa shape index (κ2) is 4.22. The molecule has 0 bridgehead atoms. The van der Waals surface area contributed by atoms with Crippen LogP contribution >= 0.6 is 0 Å². The van der Waals surface area contributed by atoms with Crippen molar-refractivity contribution in [3.8, 4) is 0 Å². The summed E-state index contributed by atoms with van der Waals surface area (Å²) in [5.74, 6) is -1.27. The van der Waals surface area contributed by atoms with Gasteiger partial charge in [0.05, 0.1) is 6.42 Å². The molecule has 84 valence electrons. The number of hydrogen-bond acceptors (Lipinski definition) is 3. The van der Waals surface area contributed by atoms with Gasteiger partial charge in [0.15, 0.2) is 0 Å². The van der Waals surface area contributed by atoms with E-state index >= 15 is 0 Å². The summed E-state index contributed by atoms with van der Waals surface area (Å²) in [6, 6.07) is 6.75. The van der Waals surface area contributed by atoms with Gasteiger partial charge >= 0.3 is 5.97 Å². The number of carboxylic acids is 1. The number of carboxylic acid groups (broad SMARTS) is 1. The first-order valence-corrected chi connectivity index (χ1v) is 5.01. The number of amides is 1. The van der Waals surface area contributed by atoms with Crippen LogP contribution in [-0.2, 0) is 16.1 Å². The largest absolute Gasteiger partial charge is 0.481 e. The Morgan fingerprint density at radius 3 is 2.94 bits per heavy atom. The summed E-state index contributed by atoms with van der Waals surface area (Å²) in [5.41, 5.74) is 1.77. The average molecular weight is 220 g/mol. The topological polar surface area (TPSA) is 78.4 Å². The number of aliphatic carboxylic acids is 1. The van der Waals surface area contributed by atoms with Gasteiger partial charge in [-0.15, -0.1) is 0 Å². The molecule has 0 saturated heterocycles. The van der Waals surface area contributed by atoms with Gasteiger partial charge in [-0.2, -0.15) is 0 Å². The maximum absolute atomic E-state index is 11.6. The maximum atomic E-state index is 11.6. The van der Waals surface area contributed by atoms with Crippen molar-refractivity contribution >= 4 is 17.6 Å². The van der Waals surface area contributed by atoms with Crippen LogP contribution in [0, 0.1) is 0 Å². The smallest absolute Gasteiger partial charge is 0.305 e. The van der Waals surface area contributed by atoms with Crippen LogP contribution in [0.15, 0.2) is 24.3 Å². The predicted molar refractivity (Wildman–Crippen MR) is 58.0 cm³/mol. The molecule has 0 radical (unpaired) electrons. The third-order valence-corrected chi connectivity index (χ3v) is 2.50. The molecule has 0 saturated carbocycles. The van der Waals surface area contributed by atoms with Gasteiger partial charge in [0.25, 0.3) is 0 Å². The van der Waals surface area contributed by atoms with E-state index in [-0.39, 0.29) is 12.3 Å². The van der Waals surface area contributed by atoms with E-state index in [0.29, 0.717) is 6.54 Å². The number of para-hydroxylation sites is 1. The molecule has 1 aromatic rings. The van der Waals surface area contributed by atoms with Crippen molar-refractivity contribution in [1.82, 2.24) is 5.32 Å². The second-order valence-electron chi connectivity index (χ2n) is 3.67. The molecule has 3 N–H and O–H groups in total. The number of hydrogen-bond donors (Lipinski definition) is 3. The minimum atomic E-state index is -0.993. The molecule has 1 aliphatic heterocycles. The molecule has 16 heavy (non-hydrogen) atoms. The minimum absolute atomic E-state index is 0.222. The molecule has 0 spiro atoms. The van der Waals surface area contributed by atoms with E-state index in [4.69, 9.17) is 5.11 Å². The van der Waals surface area contributed by atoms with Crippen molar-refractivity contribution in [2.45, 2.75) is 19.0 Å². The van der Waals surface area contributed by atoms with Crippen molar-refractivity contribution in [2.24, 2.45) is 0 Å². The van der Waals surface area contributed by atoms with Crippen molar-refractivity contribution < 1.29 is 14.7 Å². The third-order valence-electron chi connectivity index (χ3n) is 2.50. The molecular weight excluding hydrogens is 208 g/mol. The zero-order valence-corrected chi connectivity index (χ0v) is 8.56. The Morgan fingerprint density at radius 1 is 1.44 bits per heavy atom. The van der Waals surface area contributed by atoms with E-state index in [9.17, 15) is 9.59 Å². The number of carbonyl (C=O) groups excluding carboxylic acids is 1. The lowest BCUT2D eigenvalue weighted by atomic mass is 10.1. The molecule has 5 nitrogen and oxygen atoms in total. The summed E-state index contributed by atoms with van der Waals surface area (Å²) in [4.78, 5) is 22.2. The van der Waals surface area contributed by atoms with Crippen LogP contribution in [-0.4, -0.2) is 23.0 Å². The summed E-state index contributed by atoms with van der Waals surface area (Å²) in [7, 11) is 0. The number of anilines is 1. The van der Waals surface area contributed by atoms with Crippen LogP contribution in [0.4, 0.5) is 5.69 Å². The van der Waals surface area contributed by atoms with Crippen LogP contribution in [0.3, 0.4) is 0 Å². The van der Waals surface area contributed by atoms with Crippen LogP contribution in [0.5, 0.6) is 0 Å². The molecule has 1 aromatic carbocycles. The minimum Gasteiger partial charge on any atom is -0.481 e. The van der Waals surface area contributed by atoms with E-state index in [1.54, 1.807) is 0 Å². The van der Waals surface area contributed by atoms with Gasteiger partial charge in [0.1, 0.15) is 6.04 Å². The number of rotatable bonds is 2. The Hall–Kier alpha value is -2.04. The van der Waals surface area contributed by atoms with E-state index in [1.807, 2.05) is 24.3 Å². The SMILES string of the molecule is O=C(O)C[C@@H]1Nc2ccccc2CNC1=O. The monoisotopic (exact) mass is 220 g/mol. The first-order chi connectivity index (χ1) is 7.66. The fourth-order valence-corrected chi connectivity index (χ4v) is 1.69. The van der Waals surface area contributed by atoms with Crippen molar-refractivity contribution in [2.75, 3.05) is 5.32 Å². The van der Waals surface area contributed by atoms with Crippen molar-refractivity contribution in [1.29, 1.82) is 0 Å². The molecular formula is C11H12N2O3. The number of benzene rings is 1. The molecule has 0 unspecified atom stereocenters. The van der Waals surface area contributed by atoms with Crippen LogP contribution in [0.1, 0.15) is 12.0 Å². The quantitative estimate of drug-likeness (QED) is 0.681. The zero-order valence-electron chi connectivity index (χ0n) is 8.56. The van der Waals surface area contributed by atoms with Gasteiger partial charge in [-0.05, 0) is 11.6 Å². The number of nitrogens with one attached hydrogen (secondary N) is 2. The normalized spacial score (nSPS) is 19.0. The number of carbonyl (C=O) groups is 2. The molecule has 5 heteroatoms. The standard InChI is InChI=1S/C11H12N2O3/c14-10(15)5-9-11(16)12-6-7-3-1-2-4-8(7)13-9/h1-4,9,13H,5-6H2,(H,12,16)(H,14,15)/t9-/m0/s1. The fourth-order valence-electron chi connectivity index (χ4n) is 1.69. The van der Waals surface area contributed by atoms with Crippen molar-refractivity contribution in [3.05, 3.63) is 29.8 Å². The zero-order chi connectivity index (χ0) is 11.5. The molecule has 1 atom stereocenters. The molecule has 1 amide bonds. The lowest BCUT2D eigenvalue weighted by molar-refractivity contribution is -0.139. The highest BCUT2D eigenvalue weighted by molar-refractivity contribution is 5.89. The highest BCUT2D eigenvalue weighted by atomic mass is 16.4. The van der Waals surface area contributed by atoms with Crippen LogP contribution in [0.25, 0.3) is 0 Å². The molecule has 0 fully saturated rings. The number of fused-ring (bicyclic) bond motifs is 1. The molecule has 1 heterocycles. The second-order valence-corrected chi connectivity index (χ2v) is 3.67. The van der Waals surface area contributed by atoms with Gasteiger partial charge in [-0.3, -0.25) is 9.59 Å². The Kier molecular flexibility index (Phi) is 2.76. The lowest BCUT2D eigenvalue weighted by Crippen LogP contribution is -2.38. The average Bonchev–Trinajstić information content (AvgIpc) is 2.39. The Bertz CT molecular complexity index is 431. The van der Waals surface area contributed by atoms with Gasteiger partial charge in [0.2, 0.25) is 5.91 Å². The van der Waals surface area contributed by atoms with Gasteiger partial charge in [-0.25, -0.2) is 0 Å². The Labute approximate surface area is 92.5 Å². The Balaban J connectivity index is 2.24. The molecule has 2 rings (SSSR count). The van der Waals surface area contributed by atoms with Crippen LogP contribution in [0.2, 0.25) is 0 Å². The fraction of sp³-hybridized carbons (Fsp3) is 0.273. The van der Waals surface area contributed by atoms with E-state index in [1.165, 1.54) is 0 Å².